The van der Waals surface area contributed by atoms with Crippen molar-refractivity contribution < 1.29 is 22.7 Å². The Morgan fingerprint density at radius 2 is 1.81 bits per heavy atom. The first kappa shape index (κ1) is 25.8. The SMILES string of the molecule is CC[C@@H](NC(=O)c1cc(C(=O)CC(C)c2cccc(S(N)(=O)=O)c2)n2c1COCC2)c1ccccc1. The van der Waals surface area contributed by atoms with Gasteiger partial charge in [-0.1, -0.05) is 56.3 Å². The molecule has 2 heterocycles. The van der Waals surface area contributed by atoms with Gasteiger partial charge in [-0.25, -0.2) is 13.6 Å². The van der Waals surface area contributed by atoms with Crippen LogP contribution in [0.1, 0.15) is 76.3 Å². The van der Waals surface area contributed by atoms with Gasteiger partial charge < -0.3 is 14.6 Å². The molecule has 0 fully saturated rings. The van der Waals surface area contributed by atoms with Gasteiger partial charge in [0.25, 0.3) is 5.91 Å². The quantitative estimate of drug-likeness (QED) is 0.424. The number of carbonyl (C=O) groups excluding carboxylic acids is 2. The Bertz CT molecular complexity index is 1370. The van der Waals surface area contributed by atoms with Crippen molar-refractivity contribution >= 4 is 21.7 Å². The molecule has 0 radical (unpaired) electrons. The topological polar surface area (TPSA) is 120 Å². The third-order valence-corrected chi connectivity index (χ3v) is 7.51. The summed E-state index contributed by atoms with van der Waals surface area (Å²) in [4.78, 5) is 26.7. The largest absolute Gasteiger partial charge is 0.373 e. The minimum Gasteiger partial charge on any atom is -0.373 e. The van der Waals surface area contributed by atoms with Gasteiger partial charge in [0.1, 0.15) is 0 Å². The molecule has 0 bridgehead atoms. The smallest absolute Gasteiger partial charge is 0.253 e. The fourth-order valence-electron chi connectivity index (χ4n) is 4.59. The number of hydrogen-bond acceptors (Lipinski definition) is 5. The summed E-state index contributed by atoms with van der Waals surface area (Å²) in [6, 6.07) is 17.6. The maximum absolute atomic E-state index is 13.4. The molecule has 36 heavy (non-hydrogen) atoms. The highest BCUT2D eigenvalue weighted by atomic mass is 32.2. The van der Waals surface area contributed by atoms with E-state index in [1.165, 1.54) is 12.1 Å². The summed E-state index contributed by atoms with van der Waals surface area (Å²) in [6.45, 7) is 5.07. The van der Waals surface area contributed by atoms with E-state index in [0.717, 1.165) is 12.0 Å². The van der Waals surface area contributed by atoms with Crippen molar-refractivity contribution in [3.05, 3.63) is 88.7 Å². The second kappa shape index (κ2) is 10.8. The lowest BCUT2D eigenvalue weighted by Gasteiger charge is -2.21. The van der Waals surface area contributed by atoms with Crippen LogP contribution in [-0.2, 0) is 27.9 Å². The van der Waals surface area contributed by atoms with Gasteiger partial charge in [-0.05, 0) is 41.7 Å². The maximum atomic E-state index is 13.4. The van der Waals surface area contributed by atoms with Gasteiger partial charge in [-0.2, -0.15) is 0 Å². The first-order valence-corrected chi connectivity index (χ1v) is 13.6. The average Bonchev–Trinajstić information content (AvgIpc) is 3.27. The second-order valence-electron chi connectivity index (χ2n) is 9.08. The standard InChI is InChI=1S/C27H31N3O5S/c1-3-23(19-8-5-4-6-9-19)29-27(32)22-16-24(30-12-13-35-17-25(22)30)26(31)14-18(2)20-10-7-11-21(15-20)36(28,33)34/h4-11,15-16,18,23H,3,12-14,17H2,1-2H3,(H,29,32)(H2,28,33,34)/t18?,23-/m1/s1. The molecule has 0 aliphatic carbocycles. The lowest BCUT2D eigenvalue weighted by atomic mass is 9.94. The summed E-state index contributed by atoms with van der Waals surface area (Å²) in [5, 5.41) is 8.36. The van der Waals surface area contributed by atoms with E-state index in [1.54, 1.807) is 18.2 Å². The number of Topliss-reactive ketones (excluding diaryl/α,β-unsaturated/α-hetero) is 1. The molecule has 3 N–H and O–H groups in total. The van der Waals surface area contributed by atoms with E-state index < -0.39 is 10.0 Å². The van der Waals surface area contributed by atoms with Crippen molar-refractivity contribution in [3.63, 3.8) is 0 Å². The number of nitrogens with two attached hydrogens (primary N) is 1. The zero-order valence-electron chi connectivity index (χ0n) is 20.4. The molecule has 0 spiro atoms. The number of rotatable bonds is 9. The Morgan fingerprint density at radius 3 is 2.50 bits per heavy atom. The summed E-state index contributed by atoms with van der Waals surface area (Å²) in [7, 11) is -3.84. The molecule has 9 heteroatoms. The third-order valence-electron chi connectivity index (χ3n) is 6.60. The van der Waals surface area contributed by atoms with Crippen molar-refractivity contribution in [2.75, 3.05) is 6.61 Å². The molecule has 1 aliphatic rings. The molecule has 190 valence electrons. The molecular formula is C27H31N3O5S. The molecule has 3 aromatic rings. The molecule has 8 nitrogen and oxygen atoms in total. The number of ketones is 1. The number of primary sulfonamides is 1. The van der Waals surface area contributed by atoms with Crippen LogP contribution in [0, 0.1) is 0 Å². The number of carbonyl (C=O) groups is 2. The van der Waals surface area contributed by atoms with Crippen LogP contribution in [0.2, 0.25) is 0 Å². The third kappa shape index (κ3) is 5.59. The van der Waals surface area contributed by atoms with E-state index in [9.17, 15) is 18.0 Å². The van der Waals surface area contributed by atoms with Gasteiger partial charge in [0.15, 0.2) is 5.78 Å². The van der Waals surface area contributed by atoms with Crippen LogP contribution in [0.3, 0.4) is 0 Å². The summed E-state index contributed by atoms with van der Waals surface area (Å²) < 4.78 is 30.9. The van der Waals surface area contributed by atoms with Crippen LogP contribution in [0.25, 0.3) is 0 Å². The molecule has 0 saturated heterocycles. The molecular weight excluding hydrogens is 478 g/mol. The van der Waals surface area contributed by atoms with Crippen LogP contribution >= 0.6 is 0 Å². The molecule has 1 aromatic heterocycles. The van der Waals surface area contributed by atoms with E-state index in [2.05, 4.69) is 5.32 Å². The Morgan fingerprint density at radius 1 is 1.08 bits per heavy atom. The van der Waals surface area contributed by atoms with Crippen molar-refractivity contribution in [2.45, 2.75) is 56.7 Å². The Kier molecular flexibility index (Phi) is 7.73. The molecule has 4 rings (SSSR count). The number of nitrogens with one attached hydrogen (secondary N) is 1. The van der Waals surface area contributed by atoms with Crippen molar-refractivity contribution in [1.29, 1.82) is 0 Å². The van der Waals surface area contributed by atoms with Crippen LogP contribution in [0.15, 0.2) is 65.6 Å². The lowest BCUT2D eigenvalue weighted by molar-refractivity contribution is 0.0781. The van der Waals surface area contributed by atoms with Crippen LogP contribution in [0.5, 0.6) is 0 Å². The van der Waals surface area contributed by atoms with E-state index in [0.29, 0.717) is 35.7 Å². The second-order valence-corrected chi connectivity index (χ2v) is 10.6. The van der Waals surface area contributed by atoms with Gasteiger partial charge in [-0.15, -0.1) is 0 Å². The first-order valence-electron chi connectivity index (χ1n) is 12.0. The van der Waals surface area contributed by atoms with E-state index in [1.807, 2.05) is 48.7 Å². The molecule has 0 saturated carbocycles. The number of ether oxygens (including phenoxy) is 1. The predicted octanol–water partition coefficient (Wildman–Crippen LogP) is 3.92. The highest BCUT2D eigenvalue weighted by Gasteiger charge is 2.28. The van der Waals surface area contributed by atoms with Crippen molar-refractivity contribution in [3.8, 4) is 0 Å². The van der Waals surface area contributed by atoms with E-state index in [-0.39, 0.29) is 41.6 Å². The minimum atomic E-state index is -3.84. The number of fused-ring (bicyclic) bond motifs is 1. The lowest BCUT2D eigenvalue weighted by Crippen LogP contribution is -2.29. The number of aromatic nitrogens is 1. The Balaban J connectivity index is 1.57. The zero-order chi connectivity index (χ0) is 25.9. The van der Waals surface area contributed by atoms with Crippen molar-refractivity contribution in [1.82, 2.24) is 9.88 Å². The fourth-order valence-corrected chi connectivity index (χ4v) is 5.16. The number of benzene rings is 2. The first-order chi connectivity index (χ1) is 17.2. The maximum Gasteiger partial charge on any atom is 0.253 e. The van der Waals surface area contributed by atoms with Gasteiger partial charge in [0.05, 0.1) is 41.1 Å². The number of hydrogen-bond donors (Lipinski definition) is 2. The van der Waals surface area contributed by atoms with Crippen LogP contribution < -0.4 is 10.5 Å². The molecule has 1 amide bonds. The highest BCUT2D eigenvalue weighted by molar-refractivity contribution is 7.89. The van der Waals surface area contributed by atoms with Gasteiger partial charge in [-0.3, -0.25) is 9.59 Å². The van der Waals surface area contributed by atoms with E-state index in [4.69, 9.17) is 9.88 Å². The summed E-state index contributed by atoms with van der Waals surface area (Å²) >= 11 is 0. The normalized spacial score (nSPS) is 15.1. The minimum absolute atomic E-state index is 0.0133. The summed E-state index contributed by atoms with van der Waals surface area (Å²) in [5.74, 6) is -0.612. The summed E-state index contributed by atoms with van der Waals surface area (Å²) in [5.41, 5.74) is 3.31. The zero-order valence-corrected chi connectivity index (χ0v) is 21.3. The van der Waals surface area contributed by atoms with Gasteiger partial charge in [0, 0.05) is 13.0 Å². The van der Waals surface area contributed by atoms with Gasteiger partial charge >= 0.3 is 0 Å². The Labute approximate surface area is 211 Å². The highest BCUT2D eigenvalue weighted by Crippen LogP contribution is 2.28. The van der Waals surface area contributed by atoms with E-state index >= 15 is 0 Å². The van der Waals surface area contributed by atoms with Crippen molar-refractivity contribution in [2.24, 2.45) is 5.14 Å². The molecule has 2 aromatic carbocycles. The average molecular weight is 510 g/mol. The Hall–Kier alpha value is -3.27. The summed E-state index contributed by atoms with van der Waals surface area (Å²) in [6.07, 6.45) is 0.879. The monoisotopic (exact) mass is 509 g/mol. The predicted molar refractivity (Wildman–Crippen MR) is 136 cm³/mol. The molecule has 2 atom stereocenters. The fraction of sp³-hybridized carbons (Fsp3) is 0.333. The van der Waals surface area contributed by atoms with Gasteiger partial charge in [0.2, 0.25) is 10.0 Å². The number of amides is 1. The van der Waals surface area contributed by atoms with Crippen LogP contribution in [-0.4, -0.2) is 31.3 Å². The van der Waals surface area contributed by atoms with Crippen LogP contribution in [0.4, 0.5) is 0 Å². The molecule has 1 aliphatic heterocycles. The number of nitrogens with zero attached hydrogens (tertiary/aromatic N) is 1. The number of sulfonamides is 1. The molecule has 1 unspecified atom stereocenters.